The number of methoxy groups -OCH3 is 1. The zero-order valence-corrected chi connectivity index (χ0v) is 8.75. The van der Waals surface area contributed by atoms with Crippen molar-refractivity contribution < 1.29 is 19.0 Å². The molecule has 1 aromatic rings. The van der Waals surface area contributed by atoms with E-state index in [-0.39, 0.29) is 18.0 Å². The lowest BCUT2D eigenvalue weighted by molar-refractivity contribution is -0.142. The van der Waals surface area contributed by atoms with Gasteiger partial charge < -0.3 is 15.6 Å². The van der Waals surface area contributed by atoms with Crippen molar-refractivity contribution in [1.82, 2.24) is 0 Å². The summed E-state index contributed by atoms with van der Waals surface area (Å²) in [5.74, 6) is -2.17. The average molecular weight is 236 g/mol. The van der Waals surface area contributed by atoms with E-state index < -0.39 is 23.6 Å². The van der Waals surface area contributed by atoms with Crippen LogP contribution in [0.15, 0.2) is 18.2 Å². The fourth-order valence-electron chi connectivity index (χ4n) is 1.04. The average Bonchev–Trinajstić information content (AvgIpc) is 2.20. The largest absolute Gasteiger partial charge is 0.505 e. The molecule has 0 fully saturated rings. The number of aromatic hydroxyl groups is 1. The van der Waals surface area contributed by atoms with Gasteiger partial charge in [-0.1, -0.05) is 12.1 Å². The molecule has 0 aliphatic rings. The van der Waals surface area contributed by atoms with E-state index in [0.29, 0.717) is 0 Å². The third-order valence-electron chi connectivity index (χ3n) is 1.81. The molecule has 4 nitrogen and oxygen atoms in total. The van der Waals surface area contributed by atoms with E-state index in [1.807, 2.05) is 0 Å². The van der Waals surface area contributed by atoms with Gasteiger partial charge in [0, 0.05) is 5.56 Å². The maximum Gasteiger partial charge on any atom is 0.327 e. The molecule has 0 unspecified atom stereocenters. The Morgan fingerprint density at radius 3 is 2.73 bits per heavy atom. The van der Waals surface area contributed by atoms with Crippen molar-refractivity contribution in [2.45, 2.75) is 6.04 Å². The molecule has 0 aliphatic carbocycles. The van der Waals surface area contributed by atoms with E-state index in [1.165, 1.54) is 19.2 Å². The first-order valence-electron chi connectivity index (χ1n) is 3.88. The van der Waals surface area contributed by atoms with Crippen molar-refractivity contribution in [1.29, 1.82) is 0 Å². The normalized spacial score (nSPS) is 11.4. The fourth-order valence-corrected chi connectivity index (χ4v) is 1.04. The van der Waals surface area contributed by atoms with Crippen molar-refractivity contribution in [3.63, 3.8) is 0 Å². The van der Waals surface area contributed by atoms with Crippen molar-refractivity contribution >= 4 is 18.4 Å². The molecule has 15 heavy (non-hydrogen) atoms. The van der Waals surface area contributed by atoms with E-state index in [2.05, 4.69) is 4.74 Å². The lowest BCUT2D eigenvalue weighted by atomic mass is 10.1. The molecule has 0 radical (unpaired) electrons. The van der Waals surface area contributed by atoms with Crippen LogP contribution in [-0.4, -0.2) is 18.2 Å². The number of hydrogen-bond acceptors (Lipinski definition) is 4. The second-order valence-corrected chi connectivity index (χ2v) is 2.68. The van der Waals surface area contributed by atoms with E-state index >= 15 is 0 Å². The topological polar surface area (TPSA) is 72.5 Å². The summed E-state index contributed by atoms with van der Waals surface area (Å²) >= 11 is 0. The molecule has 0 saturated heterocycles. The molecule has 0 aliphatic heterocycles. The molecule has 1 atom stereocenters. The summed E-state index contributed by atoms with van der Waals surface area (Å²) < 4.78 is 17.2. The molecular weight excluding hydrogens is 225 g/mol. The number of carbonyl (C=O) groups excluding carboxylic acids is 1. The van der Waals surface area contributed by atoms with Crippen LogP contribution in [-0.2, 0) is 9.53 Å². The smallest absolute Gasteiger partial charge is 0.327 e. The minimum atomic E-state index is -1.17. The standard InChI is InChI=1S/C9H10FNO3.ClH/c1-14-9(13)7(11)5-3-2-4-6(10)8(5)12;/h2-4,7,12H,11H2,1H3;1H/t7-;/m0./s1. The Labute approximate surface area is 92.3 Å². The van der Waals surface area contributed by atoms with Crippen LogP contribution in [0.5, 0.6) is 5.75 Å². The predicted octanol–water partition coefficient (Wildman–Crippen LogP) is 1.13. The van der Waals surface area contributed by atoms with E-state index in [0.717, 1.165) is 6.07 Å². The number of phenolic OH excluding ortho intramolecular Hbond substituents is 1. The second-order valence-electron chi connectivity index (χ2n) is 2.68. The van der Waals surface area contributed by atoms with Gasteiger partial charge in [-0.2, -0.15) is 0 Å². The Morgan fingerprint density at radius 1 is 1.60 bits per heavy atom. The molecule has 0 aromatic heterocycles. The van der Waals surface area contributed by atoms with E-state index in [9.17, 15) is 14.3 Å². The molecule has 3 N–H and O–H groups in total. The van der Waals surface area contributed by atoms with E-state index in [1.54, 1.807) is 0 Å². The van der Waals surface area contributed by atoms with Crippen LogP contribution in [0, 0.1) is 5.82 Å². The number of rotatable bonds is 2. The lowest BCUT2D eigenvalue weighted by Crippen LogP contribution is -2.22. The van der Waals surface area contributed by atoms with Gasteiger partial charge >= 0.3 is 5.97 Å². The van der Waals surface area contributed by atoms with Gasteiger partial charge in [0.25, 0.3) is 0 Å². The monoisotopic (exact) mass is 235 g/mol. The zero-order valence-electron chi connectivity index (χ0n) is 7.94. The van der Waals surface area contributed by atoms with Gasteiger partial charge in [-0.15, -0.1) is 12.4 Å². The Kier molecular flexibility index (Phi) is 5.04. The van der Waals surface area contributed by atoms with Crippen molar-refractivity contribution in [2.75, 3.05) is 7.11 Å². The maximum atomic E-state index is 12.8. The summed E-state index contributed by atoms with van der Waals surface area (Å²) in [6.07, 6.45) is 0. The minimum Gasteiger partial charge on any atom is -0.505 e. The Balaban J connectivity index is 0.00000196. The molecule has 0 saturated carbocycles. The third-order valence-corrected chi connectivity index (χ3v) is 1.81. The first-order valence-corrected chi connectivity index (χ1v) is 3.88. The zero-order chi connectivity index (χ0) is 10.7. The second kappa shape index (κ2) is 5.53. The number of ether oxygens (including phenoxy) is 1. The number of esters is 1. The summed E-state index contributed by atoms with van der Waals surface area (Å²) in [7, 11) is 1.17. The fraction of sp³-hybridized carbons (Fsp3) is 0.222. The summed E-state index contributed by atoms with van der Waals surface area (Å²) in [5, 5.41) is 9.25. The summed E-state index contributed by atoms with van der Waals surface area (Å²) in [5.41, 5.74) is 5.43. The molecule has 0 spiro atoms. The highest BCUT2D eigenvalue weighted by Crippen LogP contribution is 2.25. The first-order chi connectivity index (χ1) is 6.57. The van der Waals surface area contributed by atoms with Crippen LogP contribution < -0.4 is 5.73 Å². The quantitative estimate of drug-likeness (QED) is 0.754. The summed E-state index contributed by atoms with van der Waals surface area (Å²) in [6, 6.07) is 2.62. The Hall–Kier alpha value is -1.33. The van der Waals surface area contributed by atoms with Crippen molar-refractivity contribution in [3.05, 3.63) is 29.6 Å². The van der Waals surface area contributed by atoms with Crippen LogP contribution in [0.2, 0.25) is 0 Å². The van der Waals surface area contributed by atoms with Crippen LogP contribution in [0.25, 0.3) is 0 Å². The number of carbonyl (C=O) groups is 1. The molecule has 84 valence electrons. The minimum absolute atomic E-state index is 0. The SMILES string of the molecule is COC(=O)[C@@H](N)c1cccc(F)c1O.Cl. The molecule has 0 heterocycles. The number of phenols is 1. The van der Waals surface area contributed by atoms with Crippen molar-refractivity contribution in [2.24, 2.45) is 5.73 Å². The van der Waals surface area contributed by atoms with Crippen LogP contribution >= 0.6 is 12.4 Å². The highest BCUT2D eigenvalue weighted by molar-refractivity contribution is 5.85. The lowest BCUT2D eigenvalue weighted by Gasteiger charge is -2.11. The van der Waals surface area contributed by atoms with E-state index in [4.69, 9.17) is 5.73 Å². The number of benzene rings is 1. The maximum absolute atomic E-state index is 12.8. The van der Waals surface area contributed by atoms with Gasteiger partial charge in [-0.25, -0.2) is 4.39 Å². The Bertz CT molecular complexity index is 359. The molecule has 0 amide bonds. The molecule has 1 aromatic carbocycles. The predicted molar refractivity (Wildman–Crippen MR) is 54.3 cm³/mol. The van der Waals surface area contributed by atoms with Crippen LogP contribution in [0.1, 0.15) is 11.6 Å². The number of halogens is 2. The van der Waals surface area contributed by atoms with Crippen molar-refractivity contribution in [3.8, 4) is 5.75 Å². The number of nitrogens with two attached hydrogens (primary N) is 1. The van der Waals surface area contributed by atoms with Gasteiger partial charge in [-0.3, -0.25) is 4.79 Å². The summed E-state index contributed by atoms with van der Waals surface area (Å²) in [4.78, 5) is 11.0. The van der Waals surface area contributed by atoms with Gasteiger partial charge in [0.05, 0.1) is 7.11 Å². The molecule has 6 heteroatoms. The number of para-hydroxylation sites is 1. The highest BCUT2D eigenvalue weighted by Gasteiger charge is 2.21. The first kappa shape index (κ1) is 13.7. The van der Waals surface area contributed by atoms with Gasteiger partial charge in [0.1, 0.15) is 6.04 Å². The highest BCUT2D eigenvalue weighted by atomic mass is 35.5. The number of hydrogen-bond donors (Lipinski definition) is 2. The van der Waals surface area contributed by atoms with Gasteiger partial charge in [0.15, 0.2) is 11.6 Å². The summed E-state index contributed by atoms with van der Waals surface area (Å²) in [6.45, 7) is 0. The van der Waals surface area contributed by atoms with Crippen LogP contribution in [0.4, 0.5) is 4.39 Å². The third kappa shape index (κ3) is 2.81. The molecule has 0 bridgehead atoms. The Morgan fingerprint density at radius 2 is 2.20 bits per heavy atom. The van der Waals surface area contributed by atoms with Gasteiger partial charge in [0.2, 0.25) is 0 Å². The van der Waals surface area contributed by atoms with Gasteiger partial charge in [-0.05, 0) is 6.07 Å². The molecular formula is C9H11ClFNO3. The molecule has 1 rings (SSSR count). The van der Waals surface area contributed by atoms with Crippen LogP contribution in [0.3, 0.4) is 0 Å².